The molecule has 0 saturated heterocycles. The van der Waals surface area contributed by atoms with Gasteiger partial charge >= 0.3 is 0 Å². The number of aromatic nitrogens is 4. The minimum atomic E-state index is -1.44. The summed E-state index contributed by atoms with van der Waals surface area (Å²) in [6.07, 6.45) is 0.653. The number of aliphatic imine (C=N–C) groups is 1. The van der Waals surface area contributed by atoms with E-state index < -0.39 is 30.0 Å². The zero-order valence-electron chi connectivity index (χ0n) is 19.2. The summed E-state index contributed by atoms with van der Waals surface area (Å²) in [6.45, 7) is 2.70. The van der Waals surface area contributed by atoms with E-state index in [1.54, 1.807) is 25.8 Å². The molecule has 2 bridgehead atoms. The van der Waals surface area contributed by atoms with Crippen molar-refractivity contribution in [3.63, 3.8) is 0 Å². The number of nitrogen functional groups attached to an aromatic ring is 1. The summed E-state index contributed by atoms with van der Waals surface area (Å²) in [5.41, 5.74) is 6.71. The van der Waals surface area contributed by atoms with Gasteiger partial charge in [-0.3, -0.25) is 9.48 Å². The molecule has 12 heteroatoms. The van der Waals surface area contributed by atoms with Crippen molar-refractivity contribution in [3.8, 4) is 23.2 Å². The molecule has 2 aliphatic heterocycles. The number of aryl methyl sites for hydroxylation is 1. The third-order valence-electron chi connectivity index (χ3n) is 6.28. The van der Waals surface area contributed by atoms with Crippen LogP contribution in [-0.2, 0) is 18.3 Å². The van der Waals surface area contributed by atoms with Crippen molar-refractivity contribution in [2.24, 2.45) is 12.0 Å². The molecule has 1 amide bonds. The van der Waals surface area contributed by atoms with Crippen molar-refractivity contribution in [2.75, 3.05) is 17.2 Å². The fourth-order valence-electron chi connectivity index (χ4n) is 4.45. The van der Waals surface area contributed by atoms with Crippen LogP contribution in [0.5, 0.6) is 5.88 Å². The number of nitriles is 1. The highest BCUT2D eigenvalue weighted by molar-refractivity contribution is 6.17. The van der Waals surface area contributed by atoms with Crippen LogP contribution in [0.1, 0.15) is 36.9 Å². The number of halogens is 1. The summed E-state index contributed by atoms with van der Waals surface area (Å²) in [6, 6.07) is 6.17. The van der Waals surface area contributed by atoms with Crippen LogP contribution in [0.2, 0.25) is 0 Å². The third-order valence-corrected chi connectivity index (χ3v) is 6.28. The molecule has 0 radical (unpaired) electrons. The smallest absolute Gasteiger partial charge is 0.275 e. The van der Waals surface area contributed by atoms with Gasteiger partial charge in [0.05, 0.1) is 41.9 Å². The fourth-order valence-corrected chi connectivity index (χ4v) is 4.45. The molecule has 1 aromatic carbocycles. The Morgan fingerprint density at radius 1 is 1.43 bits per heavy atom. The van der Waals surface area contributed by atoms with Crippen molar-refractivity contribution in [2.45, 2.75) is 31.9 Å². The van der Waals surface area contributed by atoms with E-state index in [1.807, 2.05) is 0 Å². The Morgan fingerprint density at radius 3 is 2.91 bits per heavy atom. The Hall–Kier alpha value is -4.37. The highest BCUT2D eigenvalue weighted by Gasteiger charge is 2.48. The topological polar surface area (TPSA) is 156 Å². The number of aliphatic hydroxyl groups excluding tert-OH is 1. The molecule has 0 spiro atoms. The van der Waals surface area contributed by atoms with Crippen molar-refractivity contribution in [3.05, 3.63) is 47.2 Å². The second kappa shape index (κ2) is 7.85. The number of nitrogens with two attached hydrogens (primary N) is 1. The summed E-state index contributed by atoms with van der Waals surface area (Å²) in [7, 11) is 1.61. The maximum absolute atomic E-state index is 14.4. The van der Waals surface area contributed by atoms with Crippen LogP contribution in [0.4, 0.5) is 15.9 Å². The molecule has 0 aliphatic carbocycles. The third kappa shape index (κ3) is 3.31. The van der Waals surface area contributed by atoms with Gasteiger partial charge in [0, 0.05) is 12.6 Å². The second-order valence-electron chi connectivity index (χ2n) is 8.59. The Kier molecular flexibility index (Phi) is 5.03. The van der Waals surface area contributed by atoms with E-state index >= 15 is 0 Å². The maximum Gasteiger partial charge on any atom is 0.275 e. The average molecular weight is 476 g/mol. The first kappa shape index (κ1) is 22.4. The summed E-state index contributed by atoms with van der Waals surface area (Å²) in [5.74, 6) is -0.783. The van der Waals surface area contributed by atoms with E-state index in [0.29, 0.717) is 28.2 Å². The lowest BCUT2D eigenvalue weighted by molar-refractivity contribution is -0.122. The molecule has 2 atom stereocenters. The van der Waals surface area contributed by atoms with Gasteiger partial charge in [-0.25, -0.2) is 14.4 Å². The number of carbonyl (C=O) groups is 1. The molecular formula is C23H21FN8O3. The highest BCUT2D eigenvalue weighted by Crippen LogP contribution is 2.40. The number of hydrogen-bond acceptors (Lipinski definition) is 9. The molecule has 4 heterocycles. The highest BCUT2D eigenvalue weighted by atomic mass is 19.1. The molecule has 178 valence electrons. The number of carbonyl (C=O) groups excluding carboxylic acids is 1. The van der Waals surface area contributed by atoms with Crippen LogP contribution in [0, 0.1) is 17.1 Å². The number of rotatable bonds is 1. The zero-order chi connectivity index (χ0) is 25.1. The van der Waals surface area contributed by atoms with E-state index in [0.717, 1.165) is 0 Å². The van der Waals surface area contributed by atoms with Gasteiger partial charge in [0.25, 0.3) is 11.8 Å². The van der Waals surface area contributed by atoms with Gasteiger partial charge in [0.15, 0.2) is 5.82 Å². The van der Waals surface area contributed by atoms with Gasteiger partial charge in [-0.2, -0.15) is 15.4 Å². The predicted octanol–water partition coefficient (Wildman–Crippen LogP) is 1.66. The predicted molar refractivity (Wildman–Crippen MR) is 123 cm³/mol. The van der Waals surface area contributed by atoms with Gasteiger partial charge in [-0.05, 0) is 32.0 Å². The summed E-state index contributed by atoms with van der Waals surface area (Å²) in [4.78, 5) is 27.5. The minimum absolute atomic E-state index is 0.000728. The number of amidine groups is 1. The first-order valence-electron chi connectivity index (χ1n) is 10.8. The quantitative estimate of drug-likeness (QED) is 0.533. The SMILES string of the molecule is CC1Oc2nc(cnc2N)-c2c(nn(C)c2C#N)CC2=NC(=O)C(C)(CO)N2c2ccc(F)cc21. The average Bonchev–Trinajstić information content (AvgIpc) is 3.27. The monoisotopic (exact) mass is 476 g/mol. The van der Waals surface area contributed by atoms with Gasteiger partial charge in [0.2, 0.25) is 0 Å². The molecule has 2 unspecified atom stereocenters. The largest absolute Gasteiger partial charge is 0.467 e. The molecule has 35 heavy (non-hydrogen) atoms. The number of anilines is 2. The van der Waals surface area contributed by atoms with Crippen molar-refractivity contribution >= 4 is 23.2 Å². The molecular weight excluding hydrogens is 455 g/mol. The number of ether oxygens (including phenoxy) is 1. The first-order chi connectivity index (χ1) is 16.7. The molecule has 2 aliphatic rings. The van der Waals surface area contributed by atoms with Crippen LogP contribution in [0.15, 0.2) is 29.4 Å². The molecule has 11 nitrogen and oxygen atoms in total. The zero-order valence-corrected chi connectivity index (χ0v) is 19.2. The lowest BCUT2D eigenvalue weighted by atomic mass is 9.97. The normalized spacial score (nSPS) is 21.0. The maximum atomic E-state index is 14.4. The summed E-state index contributed by atoms with van der Waals surface area (Å²) >= 11 is 0. The standard InChI is InChI=1S/C23H21FN8O3/c1-11-13-6-12(24)4-5-16(13)32-18(29-22(34)23(32,2)10-33)7-14-19(17(8-25)31(3)30-14)15-9-27-20(26)21(28-15)35-11/h4-6,9,11,33H,7,10H2,1-3H3,(H2,26,27). The van der Waals surface area contributed by atoms with Crippen LogP contribution in [-0.4, -0.2) is 48.7 Å². The fraction of sp³-hybridized carbons (Fsp3) is 0.304. The summed E-state index contributed by atoms with van der Waals surface area (Å²) in [5, 5.41) is 24.5. The van der Waals surface area contributed by atoms with E-state index in [-0.39, 0.29) is 29.6 Å². The first-order valence-corrected chi connectivity index (χ1v) is 10.8. The number of amides is 1. The lowest BCUT2D eigenvalue weighted by Gasteiger charge is -2.36. The van der Waals surface area contributed by atoms with Gasteiger partial charge < -0.3 is 20.5 Å². The van der Waals surface area contributed by atoms with Crippen molar-refractivity contribution in [1.82, 2.24) is 19.7 Å². The molecule has 0 fully saturated rings. The number of benzene rings is 1. The van der Waals surface area contributed by atoms with Crippen molar-refractivity contribution < 1.29 is 19.0 Å². The van der Waals surface area contributed by atoms with Crippen LogP contribution < -0.4 is 15.4 Å². The Balaban J connectivity index is 1.83. The van der Waals surface area contributed by atoms with Gasteiger partial charge in [0.1, 0.15) is 35.1 Å². The molecule has 0 saturated carbocycles. The molecule has 2 aromatic heterocycles. The minimum Gasteiger partial charge on any atom is -0.467 e. The molecule has 3 aromatic rings. The van der Waals surface area contributed by atoms with Crippen LogP contribution in [0.3, 0.4) is 0 Å². The van der Waals surface area contributed by atoms with Gasteiger partial charge in [-0.15, -0.1) is 0 Å². The Morgan fingerprint density at radius 2 is 2.20 bits per heavy atom. The number of nitrogens with zero attached hydrogens (tertiary/aromatic N) is 7. The van der Waals surface area contributed by atoms with E-state index in [2.05, 4.69) is 26.1 Å². The number of fused-ring (bicyclic) bond motifs is 7. The van der Waals surface area contributed by atoms with Crippen LogP contribution in [0.25, 0.3) is 11.3 Å². The van der Waals surface area contributed by atoms with E-state index in [4.69, 9.17) is 10.5 Å². The Labute approximate surface area is 199 Å². The van der Waals surface area contributed by atoms with Crippen LogP contribution >= 0.6 is 0 Å². The number of aliphatic hydroxyl groups is 1. The second-order valence-corrected chi connectivity index (χ2v) is 8.59. The van der Waals surface area contributed by atoms with E-state index in [9.17, 15) is 19.6 Å². The number of hydrogen-bond donors (Lipinski definition) is 2. The van der Waals surface area contributed by atoms with Crippen molar-refractivity contribution in [1.29, 1.82) is 5.26 Å². The summed E-state index contributed by atoms with van der Waals surface area (Å²) < 4.78 is 21.8. The van der Waals surface area contributed by atoms with E-state index in [1.165, 1.54) is 29.1 Å². The molecule has 5 rings (SSSR count). The molecule has 3 N–H and O–H groups in total. The lowest BCUT2D eigenvalue weighted by Crippen LogP contribution is -2.53. The Bertz CT molecular complexity index is 1460. The van der Waals surface area contributed by atoms with Gasteiger partial charge in [-0.1, -0.05) is 0 Å².